The first-order chi connectivity index (χ1) is 8.78. The Kier molecular flexibility index (Phi) is 4.56. The van der Waals surface area contributed by atoms with Crippen LogP contribution in [0.1, 0.15) is 16.7 Å². The van der Waals surface area contributed by atoms with Crippen LogP contribution in [0.25, 0.3) is 0 Å². The zero-order chi connectivity index (χ0) is 12.8. The van der Waals surface area contributed by atoms with E-state index in [4.69, 9.17) is 5.73 Å². The molecule has 1 aromatic carbocycles. The predicted molar refractivity (Wildman–Crippen MR) is 75.2 cm³/mol. The van der Waals surface area contributed by atoms with Gasteiger partial charge in [0.1, 0.15) is 0 Å². The summed E-state index contributed by atoms with van der Waals surface area (Å²) in [6, 6.07) is 10.6. The maximum Gasteiger partial charge on any atom is 0.0230 e. The van der Waals surface area contributed by atoms with Crippen molar-refractivity contribution in [1.82, 2.24) is 9.88 Å². The summed E-state index contributed by atoms with van der Waals surface area (Å²) < 4.78 is 0. The van der Waals surface area contributed by atoms with Crippen molar-refractivity contribution >= 4 is 0 Å². The van der Waals surface area contributed by atoms with Crippen molar-refractivity contribution in [3.8, 4) is 0 Å². The Balaban J connectivity index is 1.84. The molecule has 0 bridgehead atoms. The van der Waals surface area contributed by atoms with Crippen LogP contribution in [0.2, 0.25) is 0 Å². The Morgan fingerprint density at radius 3 is 2.72 bits per heavy atom. The number of H-pyrrole nitrogens is 1. The molecule has 2 rings (SSSR count). The molecule has 0 atom stereocenters. The second-order valence-electron chi connectivity index (χ2n) is 4.73. The molecule has 1 heterocycles. The molecule has 0 amide bonds. The van der Waals surface area contributed by atoms with Gasteiger partial charge in [0.05, 0.1) is 0 Å². The van der Waals surface area contributed by atoms with Crippen LogP contribution >= 0.6 is 0 Å². The summed E-state index contributed by atoms with van der Waals surface area (Å²) in [6.45, 7) is 2.64. The van der Waals surface area contributed by atoms with Gasteiger partial charge in [0, 0.05) is 32.0 Å². The van der Waals surface area contributed by atoms with E-state index in [2.05, 4.69) is 53.5 Å². The maximum absolute atomic E-state index is 5.66. The fraction of sp³-hybridized carbons (Fsp3) is 0.333. The molecule has 0 radical (unpaired) electrons. The normalized spacial score (nSPS) is 11.1. The Labute approximate surface area is 109 Å². The minimum absolute atomic E-state index is 0.612. The molecular weight excluding hydrogens is 222 g/mol. The lowest BCUT2D eigenvalue weighted by atomic mass is 10.1. The van der Waals surface area contributed by atoms with Gasteiger partial charge in [-0.2, -0.15) is 0 Å². The van der Waals surface area contributed by atoms with Crippen molar-refractivity contribution in [3.63, 3.8) is 0 Å². The molecule has 18 heavy (non-hydrogen) atoms. The quantitative estimate of drug-likeness (QED) is 0.816. The minimum Gasteiger partial charge on any atom is -0.367 e. The summed E-state index contributed by atoms with van der Waals surface area (Å²) in [6.07, 6.45) is 5.11. The monoisotopic (exact) mass is 243 g/mol. The highest BCUT2D eigenvalue weighted by molar-refractivity contribution is 5.23. The summed E-state index contributed by atoms with van der Waals surface area (Å²) in [5.41, 5.74) is 9.54. The number of hydrogen-bond donors (Lipinski definition) is 2. The predicted octanol–water partition coefficient (Wildman–Crippen LogP) is 2.15. The van der Waals surface area contributed by atoms with Crippen LogP contribution in [-0.4, -0.2) is 23.5 Å². The lowest BCUT2D eigenvalue weighted by molar-refractivity contribution is 0.331. The SMILES string of the molecule is CN(CCc1cc[nH]c1)Cc1cccc(CN)c1. The highest BCUT2D eigenvalue weighted by Gasteiger charge is 2.02. The molecule has 0 aliphatic heterocycles. The maximum atomic E-state index is 5.66. The number of benzene rings is 1. The van der Waals surface area contributed by atoms with Crippen LogP contribution < -0.4 is 5.73 Å². The van der Waals surface area contributed by atoms with Crippen molar-refractivity contribution in [2.24, 2.45) is 5.73 Å². The molecule has 0 saturated heterocycles. The molecule has 0 fully saturated rings. The van der Waals surface area contributed by atoms with Gasteiger partial charge in [-0.05, 0) is 36.2 Å². The number of nitrogens with two attached hydrogens (primary N) is 1. The van der Waals surface area contributed by atoms with Crippen molar-refractivity contribution in [3.05, 3.63) is 59.4 Å². The van der Waals surface area contributed by atoms with E-state index in [0.717, 1.165) is 19.5 Å². The van der Waals surface area contributed by atoms with Gasteiger partial charge < -0.3 is 15.6 Å². The van der Waals surface area contributed by atoms with Crippen molar-refractivity contribution in [2.45, 2.75) is 19.5 Å². The largest absolute Gasteiger partial charge is 0.367 e. The average Bonchev–Trinajstić information content (AvgIpc) is 2.90. The summed E-state index contributed by atoms with van der Waals surface area (Å²) in [5, 5.41) is 0. The third kappa shape index (κ3) is 3.72. The van der Waals surface area contributed by atoms with Crippen LogP contribution in [0, 0.1) is 0 Å². The lowest BCUT2D eigenvalue weighted by Crippen LogP contribution is -2.20. The Morgan fingerprint density at radius 2 is 2.00 bits per heavy atom. The van der Waals surface area contributed by atoms with Gasteiger partial charge in [-0.15, -0.1) is 0 Å². The number of aromatic nitrogens is 1. The molecule has 3 heteroatoms. The topological polar surface area (TPSA) is 45.0 Å². The summed E-state index contributed by atoms with van der Waals surface area (Å²) in [7, 11) is 2.15. The van der Waals surface area contributed by atoms with Gasteiger partial charge in [-0.3, -0.25) is 0 Å². The minimum atomic E-state index is 0.612. The summed E-state index contributed by atoms with van der Waals surface area (Å²) in [5.74, 6) is 0. The van der Waals surface area contributed by atoms with Gasteiger partial charge in [0.25, 0.3) is 0 Å². The summed E-state index contributed by atoms with van der Waals surface area (Å²) >= 11 is 0. The Hall–Kier alpha value is -1.58. The number of nitrogens with one attached hydrogen (secondary N) is 1. The van der Waals surface area contributed by atoms with E-state index < -0.39 is 0 Å². The first-order valence-corrected chi connectivity index (χ1v) is 6.36. The average molecular weight is 243 g/mol. The molecule has 0 unspecified atom stereocenters. The van der Waals surface area contributed by atoms with Gasteiger partial charge in [-0.25, -0.2) is 0 Å². The van der Waals surface area contributed by atoms with E-state index in [0.29, 0.717) is 6.54 Å². The smallest absolute Gasteiger partial charge is 0.0230 e. The van der Waals surface area contributed by atoms with Gasteiger partial charge in [0.15, 0.2) is 0 Å². The van der Waals surface area contributed by atoms with Crippen LogP contribution in [0.15, 0.2) is 42.7 Å². The number of nitrogens with zero attached hydrogens (tertiary/aromatic N) is 1. The third-order valence-electron chi connectivity index (χ3n) is 3.12. The zero-order valence-electron chi connectivity index (χ0n) is 10.9. The van der Waals surface area contributed by atoms with Crippen molar-refractivity contribution in [1.29, 1.82) is 0 Å². The molecule has 0 saturated carbocycles. The first kappa shape index (κ1) is 12.9. The van der Waals surface area contributed by atoms with E-state index >= 15 is 0 Å². The number of aromatic amines is 1. The molecule has 0 aliphatic rings. The Morgan fingerprint density at radius 1 is 1.17 bits per heavy atom. The highest BCUT2D eigenvalue weighted by Crippen LogP contribution is 2.08. The van der Waals surface area contributed by atoms with E-state index in [-0.39, 0.29) is 0 Å². The van der Waals surface area contributed by atoms with Crippen LogP contribution in [0.5, 0.6) is 0 Å². The molecular formula is C15H21N3. The van der Waals surface area contributed by atoms with Crippen LogP contribution in [-0.2, 0) is 19.5 Å². The van der Waals surface area contributed by atoms with E-state index in [1.807, 2.05) is 6.20 Å². The molecule has 3 nitrogen and oxygen atoms in total. The number of hydrogen-bond acceptors (Lipinski definition) is 2. The highest BCUT2D eigenvalue weighted by atomic mass is 15.1. The number of likely N-dealkylation sites (N-methyl/N-ethyl adjacent to an activating group) is 1. The van der Waals surface area contributed by atoms with E-state index in [1.165, 1.54) is 16.7 Å². The van der Waals surface area contributed by atoms with Gasteiger partial charge >= 0.3 is 0 Å². The van der Waals surface area contributed by atoms with E-state index in [9.17, 15) is 0 Å². The summed E-state index contributed by atoms with van der Waals surface area (Å²) in [4.78, 5) is 5.42. The molecule has 0 spiro atoms. The molecule has 96 valence electrons. The lowest BCUT2D eigenvalue weighted by Gasteiger charge is -2.16. The zero-order valence-corrected chi connectivity index (χ0v) is 10.9. The first-order valence-electron chi connectivity index (χ1n) is 6.36. The molecule has 3 N–H and O–H groups in total. The fourth-order valence-electron chi connectivity index (χ4n) is 2.08. The number of rotatable bonds is 6. The molecule has 1 aromatic heterocycles. The fourth-order valence-corrected chi connectivity index (χ4v) is 2.08. The van der Waals surface area contributed by atoms with Crippen LogP contribution in [0.3, 0.4) is 0 Å². The van der Waals surface area contributed by atoms with Gasteiger partial charge in [0.2, 0.25) is 0 Å². The molecule has 0 aliphatic carbocycles. The molecule has 2 aromatic rings. The second kappa shape index (κ2) is 6.38. The third-order valence-corrected chi connectivity index (χ3v) is 3.12. The van der Waals surface area contributed by atoms with Crippen LogP contribution in [0.4, 0.5) is 0 Å². The van der Waals surface area contributed by atoms with Gasteiger partial charge in [-0.1, -0.05) is 24.3 Å². The standard InChI is InChI=1S/C15H21N3/c1-18(8-6-13-5-7-17-11-13)12-15-4-2-3-14(9-15)10-16/h2-5,7,9,11,17H,6,8,10,12,16H2,1H3. The Bertz CT molecular complexity index is 462. The van der Waals surface area contributed by atoms with E-state index in [1.54, 1.807) is 0 Å². The van der Waals surface area contributed by atoms with Crippen molar-refractivity contribution in [2.75, 3.05) is 13.6 Å². The van der Waals surface area contributed by atoms with Crippen molar-refractivity contribution < 1.29 is 0 Å². The second-order valence-corrected chi connectivity index (χ2v) is 4.73.